The second-order valence-corrected chi connectivity index (χ2v) is 8.33. The van der Waals surface area contributed by atoms with Crippen molar-refractivity contribution in [3.05, 3.63) is 82.9 Å². The number of carbonyl (C=O) groups is 1. The summed E-state index contributed by atoms with van der Waals surface area (Å²) in [5, 5.41) is 8.24. The third-order valence-corrected chi connectivity index (χ3v) is 6.28. The van der Waals surface area contributed by atoms with Gasteiger partial charge >= 0.3 is 5.56 Å². The Labute approximate surface area is 201 Å². The molecule has 2 aromatic heterocycles. The zero-order valence-electron chi connectivity index (χ0n) is 19.3. The minimum absolute atomic E-state index is 0.0343. The van der Waals surface area contributed by atoms with E-state index in [0.717, 1.165) is 5.69 Å². The Kier molecular flexibility index (Phi) is 6.17. The number of aromatic nitrogens is 4. The summed E-state index contributed by atoms with van der Waals surface area (Å²) in [6.07, 6.45) is 4.06. The van der Waals surface area contributed by atoms with E-state index in [0.29, 0.717) is 49.9 Å². The van der Waals surface area contributed by atoms with E-state index >= 15 is 0 Å². The summed E-state index contributed by atoms with van der Waals surface area (Å²) in [4.78, 5) is 29.7. The van der Waals surface area contributed by atoms with Gasteiger partial charge in [-0.25, -0.2) is 4.39 Å². The van der Waals surface area contributed by atoms with Crippen molar-refractivity contribution in [2.45, 2.75) is 12.8 Å². The molecule has 10 heteroatoms. The molecule has 4 aromatic rings. The number of rotatable bonds is 6. The molecule has 0 unspecified atom stereocenters. The first-order valence-electron chi connectivity index (χ1n) is 11.4. The minimum atomic E-state index is -0.292. The molecule has 1 fully saturated rings. The standard InChI is InChI=1S/C25H25FN6O3/c1-35-21-8-6-20(7-9-21)31-16-17-32-22(27-28-24(32)25(31)34)10-11-23(33)30-14-12-29(13-15-30)19-4-2-18(26)3-5-19/h2-9,16-17H,10-15H2,1H3. The SMILES string of the molecule is COc1ccc(-n2ccn3c(CCC(=O)N4CCN(c5ccc(F)cc5)CC4)nnc3c2=O)cc1. The van der Waals surface area contributed by atoms with Crippen LogP contribution in [-0.2, 0) is 11.2 Å². The van der Waals surface area contributed by atoms with Gasteiger partial charge in [-0.3, -0.25) is 18.6 Å². The van der Waals surface area contributed by atoms with Gasteiger partial charge in [-0.05, 0) is 48.5 Å². The van der Waals surface area contributed by atoms with Crippen molar-refractivity contribution < 1.29 is 13.9 Å². The van der Waals surface area contributed by atoms with Crippen molar-refractivity contribution in [1.82, 2.24) is 24.1 Å². The maximum atomic E-state index is 13.2. The molecular weight excluding hydrogens is 451 g/mol. The minimum Gasteiger partial charge on any atom is -0.497 e. The van der Waals surface area contributed by atoms with Gasteiger partial charge in [0.15, 0.2) is 0 Å². The Morgan fingerprint density at radius 2 is 1.63 bits per heavy atom. The summed E-state index contributed by atoms with van der Waals surface area (Å²) in [6, 6.07) is 13.6. The maximum Gasteiger partial charge on any atom is 0.300 e. The summed E-state index contributed by atoms with van der Waals surface area (Å²) >= 11 is 0. The van der Waals surface area contributed by atoms with Gasteiger partial charge in [0.1, 0.15) is 17.4 Å². The first kappa shape index (κ1) is 22.6. The Morgan fingerprint density at radius 1 is 0.943 bits per heavy atom. The maximum absolute atomic E-state index is 13.2. The number of hydrogen-bond acceptors (Lipinski definition) is 6. The fraction of sp³-hybridized carbons (Fsp3) is 0.280. The monoisotopic (exact) mass is 476 g/mol. The van der Waals surface area contributed by atoms with Crippen molar-refractivity contribution in [3.8, 4) is 11.4 Å². The molecule has 3 heterocycles. The summed E-state index contributed by atoms with van der Waals surface area (Å²) in [7, 11) is 1.59. The van der Waals surface area contributed by atoms with Gasteiger partial charge in [-0.15, -0.1) is 10.2 Å². The van der Waals surface area contributed by atoms with E-state index in [4.69, 9.17) is 4.74 Å². The zero-order chi connectivity index (χ0) is 24.4. The first-order chi connectivity index (χ1) is 17.0. The number of amides is 1. The molecule has 0 radical (unpaired) electrons. The highest BCUT2D eigenvalue weighted by molar-refractivity contribution is 5.76. The molecule has 0 bridgehead atoms. The molecule has 0 atom stereocenters. The molecule has 1 aliphatic rings. The highest BCUT2D eigenvalue weighted by atomic mass is 19.1. The Bertz CT molecular complexity index is 1390. The molecule has 1 amide bonds. The highest BCUT2D eigenvalue weighted by Crippen LogP contribution is 2.18. The molecule has 2 aromatic carbocycles. The summed E-state index contributed by atoms with van der Waals surface area (Å²) in [5.74, 6) is 1.04. The van der Waals surface area contributed by atoms with Crippen molar-refractivity contribution in [1.29, 1.82) is 0 Å². The number of anilines is 1. The normalized spacial score (nSPS) is 13.9. The van der Waals surface area contributed by atoms with Gasteiger partial charge in [0.05, 0.1) is 7.11 Å². The Hall–Kier alpha value is -4.21. The van der Waals surface area contributed by atoms with Gasteiger partial charge in [-0.1, -0.05) is 0 Å². The largest absolute Gasteiger partial charge is 0.497 e. The number of carbonyl (C=O) groups excluding carboxylic acids is 1. The summed E-state index contributed by atoms with van der Waals surface area (Å²) in [6.45, 7) is 2.58. The Balaban J connectivity index is 1.22. The van der Waals surface area contributed by atoms with E-state index in [1.54, 1.807) is 60.3 Å². The zero-order valence-corrected chi connectivity index (χ0v) is 19.3. The van der Waals surface area contributed by atoms with E-state index in [1.807, 2.05) is 4.90 Å². The molecule has 0 saturated carbocycles. The molecule has 9 nitrogen and oxygen atoms in total. The molecule has 0 spiro atoms. The number of nitrogens with zero attached hydrogens (tertiary/aromatic N) is 6. The Morgan fingerprint density at radius 3 is 2.31 bits per heavy atom. The lowest BCUT2D eigenvalue weighted by Gasteiger charge is -2.36. The average Bonchev–Trinajstić information content (AvgIpc) is 3.32. The van der Waals surface area contributed by atoms with Crippen LogP contribution in [0.15, 0.2) is 65.7 Å². The van der Waals surface area contributed by atoms with Crippen LogP contribution < -0.4 is 15.2 Å². The van der Waals surface area contributed by atoms with Gasteiger partial charge < -0.3 is 14.5 Å². The molecule has 0 N–H and O–H groups in total. The van der Waals surface area contributed by atoms with Gasteiger partial charge in [0, 0.05) is 62.8 Å². The number of methoxy groups -OCH3 is 1. The predicted octanol–water partition coefficient (Wildman–Crippen LogP) is 2.31. The van der Waals surface area contributed by atoms with E-state index in [1.165, 1.54) is 16.7 Å². The van der Waals surface area contributed by atoms with Crippen molar-refractivity contribution in [2.24, 2.45) is 0 Å². The second-order valence-electron chi connectivity index (χ2n) is 8.33. The topological polar surface area (TPSA) is 85.0 Å². The second kappa shape index (κ2) is 9.57. The summed E-state index contributed by atoms with van der Waals surface area (Å²) < 4.78 is 21.5. The third-order valence-electron chi connectivity index (χ3n) is 6.28. The van der Waals surface area contributed by atoms with Crippen LogP contribution in [0.3, 0.4) is 0 Å². The quantitative estimate of drug-likeness (QED) is 0.425. The number of aryl methyl sites for hydroxylation is 1. The van der Waals surface area contributed by atoms with Crippen LogP contribution >= 0.6 is 0 Å². The van der Waals surface area contributed by atoms with Crippen LogP contribution in [0.4, 0.5) is 10.1 Å². The molecule has 5 rings (SSSR count). The van der Waals surface area contributed by atoms with E-state index in [-0.39, 0.29) is 29.4 Å². The molecule has 35 heavy (non-hydrogen) atoms. The third kappa shape index (κ3) is 4.59. The number of benzene rings is 2. The van der Waals surface area contributed by atoms with Crippen molar-refractivity contribution in [2.75, 3.05) is 38.2 Å². The number of halogens is 1. The van der Waals surface area contributed by atoms with Crippen molar-refractivity contribution in [3.63, 3.8) is 0 Å². The fourth-order valence-corrected chi connectivity index (χ4v) is 4.29. The first-order valence-corrected chi connectivity index (χ1v) is 11.4. The van der Waals surface area contributed by atoms with Gasteiger partial charge in [0.2, 0.25) is 11.6 Å². The van der Waals surface area contributed by atoms with Crippen LogP contribution in [0.1, 0.15) is 12.2 Å². The van der Waals surface area contributed by atoms with Crippen LogP contribution in [0.25, 0.3) is 11.3 Å². The molecule has 180 valence electrons. The highest BCUT2D eigenvalue weighted by Gasteiger charge is 2.22. The smallest absolute Gasteiger partial charge is 0.300 e. The lowest BCUT2D eigenvalue weighted by atomic mass is 10.2. The van der Waals surface area contributed by atoms with E-state index < -0.39 is 0 Å². The molecule has 0 aliphatic carbocycles. The summed E-state index contributed by atoms with van der Waals surface area (Å²) in [5.41, 5.74) is 1.56. The average molecular weight is 477 g/mol. The molecule has 1 saturated heterocycles. The number of piperazine rings is 1. The lowest BCUT2D eigenvalue weighted by Crippen LogP contribution is -2.48. The van der Waals surface area contributed by atoms with Crippen LogP contribution in [0, 0.1) is 5.82 Å². The molecule has 1 aliphatic heterocycles. The predicted molar refractivity (Wildman–Crippen MR) is 129 cm³/mol. The van der Waals surface area contributed by atoms with E-state index in [9.17, 15) is 14.0 Å². The number of hydrogen-bond donors (Lipinski definition) is 0. The van der Waals surface area contributed by atoms with Crippen LogP contribution in [-0.4, -0.2) is 63.3 Å². The van der Waals surface area contributed by atoms with Gasteiger partial charge in [-0.2, -0.15) is 0 Å². The fourth-order valence-electron chi connectivity index (χ4n) is 4.29. The lowest BCUT2D eigenvalue weighted by molar-refractivity contribution is -0.131. The molecular formula is C25H25FN6O3. The van der Waals surface area contributed by atoms with Crippen LogP contribution in [0.2, 0.25) is 0 Å². The van der Waals surface area contributed by atoms with Crippen molar-refractivity contribution >= 4 is 17.2 Å². The van der Waals surface area contributed by atoms with Gasteiger partial charge in [0.25, 0.3) is 0 Å². The van der Waals surface area contributed by atoms with Crippen LogP contribution in [0.5, 0.6) is 5.75 Å². The number of fused-ring (bicyclic) bond motifs is 1. The number of ether oxygens (including phenoxy) is 1. The van der Waals surface area contributed by atoms with E-state index in [2.05, 4.69) is 15.1 Å².